The SMILES string of the molecule is CN(C)C=[N+](C)C.O=S(=O)([N-]S(=O)(=O)C(F)(F)F)C(F)(F)F. The Morgan fingerprint density at radius 2 is 1.14 bits per heavy atom. The summed E-state index contributed by atoms with van der Waals surface area (Å²) in [5.74, 6) is 0. The zero-order valence-corrected chi connectivity index (χ0v) is 13.3. The summed E-state index contributed by atoms with van der Waals surface area (Å²) in [7, 11) is -5.44. The van der Waals surface area contributed by atoms with Crippen molar-refractivity contribution in [3.63, 3.8) is 0 Å². The molecule has 7 nitrogen and oxygen atoms in total. The monoisotopic (exact) mass is 381 g/mol. The molecule has 22 heavy (non-hydrogen) atoms. The van der Waals surface area contributed by atoms with Crippen molar-refractivity contribution < 1.29 is 47.8 Å². The van der Waals surface area contributed by atoms with Crippen LogP contribution in [-0.2, 0) is 20.0 Å². The Bertz CT molecular complexity index is 545. The van der Waals surface area contributed by atoms with Crippen LogP contribution in [0.15, 0.2) is 0 Å². The van der Waals surface area contributed by atoms with E-state index in [0.717, 1.165) is 4.13 Å². The van der Waals surface area contributed by atoms with Gasteiger partial charge in [0.25, 0.3) is 0 Å². The van der Waals surface area contributed by atoms with Crippen molar-refractivity contribution in [2.45, 2.75) is 11.0 Å². The van der Waals surface area contributed by atoms with E-state index in [1.165, 1.54) is 0 Å². The molecule has 0 saturated carbocycles. The lowest BCUT2D eigenvalue weighted by atomic mass is 10.9. The maximum absolute atomic E-state index is 11.4. The summed E-state index contributed by atoms with van der Waals surface area (Å²) < 4.78 is 111. The predicted octanol–water partition coefficient (Wildman–Crippen LogP) is 0.908. The van der Waals surface area contributed by atoms with Crippen LogP contribution in [-0.4, -0.2) is 71.9 Å². The van der Waals surface area contributed by atoms with Gasteiger partial charge in [-0.1, -0.05) is 0 Å². The summed E-state index contributed by atoms with van der Waals surface area (Å²) in [4.78, 5) is 2.00. The lowest BCUT2D eigenvalue weighted by molar-refractivity contribution is -0.464. The Balaban J connectivity index is 0. The van der Waals surface area contributed by atoms with Crippen LogP contribution < -0.4 is 0 Å². The molecule has 0 spiro atoms. The van der Waals surface area contributed by atoms with E-state index in [4.69, 9.17) is 0 Å². The van der Waals surface area contributed by atoms with Gasteiger partial charge in [0.2, 0.25) is 6.34 Å². The molecule has 0 atom stereocenters. The first-order chi connectivity index (χ1) is 9.33. The molecule has 0 aliphatic rings. The Morgan fingerprint density at radius 1 is 0.864 bits per heavy atom. The molecule has 0 radical (unpaired) electrons. The first-order valence-electron chi connectivity index (χ1n) is 4.88. The van der Waals surface area contributed by atoms with E-state index in [2.05, 4.69) is 0 Å². The van der Waals surface area contributed by atoms with Crippen LogP contribution in [0.4, 0.5) is 26.3 Å². The highest BCUT2D eigenvalue weighted by atomic mass is 32.3. The van der Waals surface area contributed by atoms with Gasteiger partial charge in [-0.3, -0.25) is 9.48 Å². The average molecular weight is 381 g/mol. The fourth-order valence-corrected chi connectivity index (χ4v) is 2.39. The molecule has 0 amide bonds. The van der Waals surface area contributed by atoms with Crippen molar-refractivity contribution in [2.24, 2.45) is 0 Å². The summed E-state index contributed by atoms with van der Waals surface area (Å²) in [5.41, 5.74) is -12.4. The maximum Gasteiger partial charge on any atom is 0.480 e. The summed E-state index contributed by atoms with van der Waals surface area (Å²) in [6, 6.07) is 0. The second-order valence-electron chi connectivity index (χ2n) is 3.96. The molecule has 0 heterocycles. The number of rotatable bonds is 3. The second kappa shape index (κ2) is 7.45. The molecule has 134 valence electrons. The van der Waals surface area contributed by atoms with Crippen LogP contribution >= 0.6 is 0 Å². The van der Waals surface area contributed by atoms with Gasteiger partial charge in [0.05, 0.1) is 28.2 Å². The van der Waals surface area contributed by atoms with Crippen LogP contribution in [0.1, 0.15) is 0 Å². The topological polar surface area (TPSA) is 88.6 Å². The maximum atomic E-state index is 11.4. The van der Waals surface area contributed by atoms with Gasteiger partial charge in [-0.15, -0.1) is 0 Å². The van der Waals surface area contributed by atoms with Crippen molar-refractivity contribution in [3.05, 3.63) is 4.13 Å². The molecule has 0 rings (SSSR count). The second-order valence-corrected chi connectivity index (χ2v) is 7.38. The molecule has 0 unspecified atom stereocenters. The Kier molecular flexibility index (Phi) is 7.85. The number of sulfonamides is 2. The van der Waals surface area contributed by atoms with Crippen molar-refractivity contribution in [1.29, 1.82) is 0 Å². The van der Waals surface area contributed by atoms with Crippen molar-refractivity contribution >= 4 is 26.4 Å². The molecular formula is C7H13F6N3O4S2. The third kappa shape index (κ3) is 8.38. The van der Waals surface area contributed by atoms with Crippen LogP contribution in [0.5, 0.6) is 0 Å². The molecule has 15 heteroatoms. The van der Waals surface area contributed by atoms with Gasteiger partial charge < -0.3 is 4.13 Å². The Hall–Kier alpha value is -1.09. The number of alkyl halides is 6. The third-order valence-electron chi connectivity index (χ3n) is 1.24. The zero-order chi connectivity index (χ0) is 18.6. The van der Waals surface area contributed by atoms with Gasteiger partial charge >= 0.3 is 11.0 Å². The fourth-order valence-electron chi connectivity index (χ4n) is 0.676. The standard InChI is InChI=1S/C5H13N2.C2F6NO4S2/c1-6(2)5-7(3)4;3-1(4,5)14(10,11)9-15(12,13)2(6,7)8/h5H,1-4H3;/q+1;-1. The summed E-state index contributed by atoms with van der Waals surface area (Å²) in [5, 5.41) is 0. The van der Waals surface area contributed by atoms with Crippen molar-refractivity contribution in [3.8, 4) is 0 Å². The molecule has 0 aromatic heterocycles. The molecule has 0 N–H and O–H groups in total. The highest BCUT2D eigenvalue weighted by Gasteiger charge is 2.46. The predicted molar refractivity (Wildman–Crippen MR) is 65.2 cm³/mol. The smallest absolute Gasteiger partial charge is 0.421 e. The van der Waals surface area contributed by atoms with Crippen LogP contribution in [0.25, 0.3) is 4.13 Å². The van der Waals surface area contributed by atoms with E-state index in [0.29, 0.717) is 0 Å². The largest absolute Gasteiger partial charge is 0.480 e. The van der Waals surface area contributed by atoms with E-state index in [1.54, 1.807) is 0 Å². The first kappa shape index (κ1) is 23.2. The molecule has 0 saturated heterocycles. The van der Waals surface area contributed by atoms with Crippen molar-refractivity contribution in [2.75, 3.05) is 28.2 Å². The minimum Gasteiger partial charge on any atom is -0.421 e. The van der Waals surface area contributed by atoms with Crippen LogP contribution in [0, 0.1) is 0 Å². The van der Waals surface area contributed by atoms with Gasteiger partial charge in [-0.05, 0) is 0 Å². The molecule has 0 fully saturated rings. The van der Waals surface area contributed by atoms with Gasteiger partial charge in [0.15, 0.2) is 20.0 Å². The lowest BCUT2D eigenvalue weighted by Gasteiger charge is -2.22. The Labute approximate surface area is 123 Å². The summed E-state index contributed by atoms with van der Waals surface area (Å²) >= 11 is 0. The fraction of sp³-hybridized carbons (Fsp3) is 0.857. The lowest BCUT2D eigenvalue weighted by Crippen LogP contribution is -2.30. The highest BCUT2D eigenvalue weighted by Crippen LogP contribution is 2.36. The zero-order valence-electron chi connectivity index (χ0n) is 11.6. The highest BCUT2D eigenvalue weighted by molar-refractivity contribution is 8.13. The van der Waals surface area contributed by atoms with Crippen LogP contribution in [0.2, 0.25) is 0 Å². The van der Waals surface area contributed by atoms with E-state index in [-0.39, 0.29) is 0 Å². The van der Waals surface area contributed by atoms with E-state index in [9.17, 15) is 43.2 Å². The van der Waals surface area contributed by atoms with E-state index in [1.807, 2.05) is 44.0 Å². The summed E-state index contributed by atoms with van der Waals surface area (Å²) in [6.07, 6.45) is 2.00. The van der Waals surface area contributed by atoms with Crippen molar-refractivity contribution in [1.82, 2.24) is 4.90 Å². The normalized spacial score (nSPS) is 13.0. The minimum absolute atomic E-state index is 0.778. The molecule has 0 aromatic rings. The number of hydrogen-bond donors (Lipinski definition) is 0. The number of halogens is 6. The first-order valence-corrected chi connectivity index (χ1v) is 7.76. The van der Waals surface area contributed by atoms with E-state index >= 15 is 0 Å². The third-order valence-corrected chi connectivity index (χ3v) is 3.98. The number of hydrogen-bond acceptors (Lipinski definition) is 4. The quantitative estimate of drug-likeness (QED) is 0.314. The minimum atomic E-state index is -6.72. The summed E-state index contributed by atoms with van der Waals surface area (Å²) in [6.45, 7) is 0. The van der Waals surface area contributed by atoms with Gasteiger partial charge in [-0.2, -0.15) is 26.3 Å². The molecule has 0 bridgehead atoms. The van der Waals surface area contributed by atoms with Gasteiger partial charge in [0.1, 0.15) is 0 Å². The molecule has 0 aliphatic carbocycles. The van der Waals surface area contributed by atoms with E-state index < -0.39 is 31.1 Å². The van der Waals surface area contributed by atoms with Gasteiger partial charge in [0, 0.05) is 0 Å². The Morgan fingerprint density at radius 3 is 1.23 bits per heavy atom. The molecule has 0 aromatic carbocycles. The van der Waals surface area contributed by atoms with Gasteiger partial charge in [-0.25, -0.2) is 16.8 Å². The number of nitrogens with zero attached hydrogens (tertiary/aromatic N) is 3. The molecular weight excluding hydrogens is 368 g/mol. The molecule has 0 aliphatic heterocycles. The average Bonchev–Trinajstić information content (AvgIpc) is 2.09. The van der Waals surface area contributed by atoms with Crippen LogP contribution in [0.3, 0.4) is 0 Å².